The van der Waals surface area contributed by atoms with Crippen molar-refractivity contribution in [3.05, 3.63) is 23.8 Å². The number of nitrogens with two attached hydrogens (primary N) is 1. The molecule has 0 unspecified atom stereocenters. The fourth-order valence-electron chi connectivity index (χ4n) is 2.13. The molecule has 0 heterocycles. The van der Waals surface area contributed by atoms with Gasteiger partial charge in [-0.25, -0.2) is 0 Å². The number of carbonyl (C=O) groups is 2. The number of hydrogen-bond donors (Lipinski definition) is 2. The van der Waals surface area contributed by atoms with Crippen LogP contribution in [-0.2, 0) is 4.79 Å². The number of amides is 2. The summed E-state index contributed by atoms with van der Waals surface area (Å²) in [6, 6.07) is 4.88. The molecule has 0 spiro atoms. The van der Waals surface area contributed by atoms with Gasteiger partial charge in [0.05, 0.1) is 7.11 Å². The van der Waals surface area contributed by atoms with E-state index >= 15 is 0 Å². The van der Waals surface area contributed by atoms with E-state index in [1.807, 2.05) is 13.8 Å². The van der Waals surface area contributed by atoms with Gasteiger partial charge in [0, 0.05) is 26.2 Å². The van der Waals surface area contributed by atoms with Gasteiger partial charge in [-0.05, 0) is 30.2 Å². The number of benzene rings is 1. The average molecular weight is 374 g/mol. The maximum absolute atomic E-state index is 12.6. The molecule has 0 aliphatic carbocycles. The van der Waals surface area contributed by atoms with Crippen molar-refractivity contribution >= 4 is 24.2 Å². The first-order valence-corrected chi connectivity index (χ1v) is 7.71. The Morgan fingerprint density at radius 2 is 1.92 bits per heavy atom. The molecular formula is C17H28ClN3O4. The third-order valence-corrected chi connectivity index (χ3v) is 3.61. The van der Waals surface area contributed by atoms with Gasteiger partial charge >= 0.3 is 0 Å². The quantitative estimate of drug-likeness (QED) is 0.716. The Balaban J connectivity index is 0.00000576. The van der Waals surface area contributed by atoms with Crippen LogP contribution in [-0.4, -0.2) is 57.6 Å². The molecule has 0 atom stereocenters. The second-order valence-corrected chi connectivity index (χ2v) is 6.36. The molecule has 0 saturated heterocycles. The molecule has 7 nitrogen and oxygen atoms in total. The zero-order valence-corrected chi connectivity index (χ0v) is 16.2. The summed E-state index contributed by atoms with van der Waals surface area (Å²) < 4.78 is 10.7. The lowest BCUT2D eigenvalue weighted by molar-refractivity contribution is -0.122. The van der Waals surface area contributed by atoms with Gasteiger partial charge < -0.3 is 25.4 Å². The lowest BCUT2D eigenvalue weighted by Crippen LogP contribution is -2.39. The van der Waals surface area contributed by atoms with E-state index in [9.17, 15) is 9.59 Å². The van der Waals surface area contributed by atoms with Crippen LogP contribution < -0.4 is 20.5 Å². The zero-order valence-electron chi connectivity index (χ0n) is 15.4. The predicted molar refractivity (Wildman–Crippen MR) is 99.6 cm³/mol. The highest BCUT2D eigenvalue weighted by atomic mass is 35.5. The first kappa shape index (κ1) is 23.0. The number of methoxy groups -OCH3 is 1. The molecule has 0 bridgehead atoms. The van der Waals surface area contributed by atoms with Gasteiger partial charge in [0.25, 0.3) is 11.8 Å². The number of ether oxygens (including phenoxy) is 2. The van der Waals surface area contributed by atoms with E-state index in [4.69, 9.17) is 15.2 Å². The number of carbonyl (C=O) groups excluding carboxylic acids is 2. The Bertz CT molecular complexity index is 593. The second kappa shape index (κ2) is 10.1. The fraction of sp³-hybridized carbons (Fsp3) is 0.529. The fourth-order valence-corrected chi connectivity index (χ4v) is 2.13. The summed E-state index contributed by atoms with van der Waals surface area (Å²) in [5.41, 5.74) is 6.04. The molecule has 1 rings (SSSR count). The number of likely N-dealkylation sites (N-methyl/N-ethyl adjacent to an activating group) is 1. The molecule has 0 aliphatic rings. The summed E-state index contributed by atoms with van der Waals surface area (Å²) in [6.45, 7) is 4.92. The van der Waals surface area contributed by atoms with E-state index in [1.54, 1.807) is 30.1 Å². The average Bonchev–Trinajstić information content (AvgIpc) is 2.58. The minimum Gasteiger partial charge on any atom is -0.493 e. The van der Waals surface area contributed by atoms with Gasteiger partial charge in [-0.2, -0.15) is 0 Å². The highest BCUT2D eigenvalue weighted by molar-refractivity contribution is 5.94. The molecule has 0 saturated carbocycles. The first-order valence-electron chi connectivity index (χ1n) is 7.71. The maximum Gasteiger partial charge on any atom is 0.257 e. The number of rotatable bonds is 8. The van der Waals surface area contributed by atoms with E-state index in [1.165, 1.54) is 14.2 Å². The van der Waals surface area contributed by atoms with Crippen LogP contribution in [0.15, 0.2) is 18.2 Å². The van der Waals surface area contributed by atoms with Crippen LogP contribution in [0, 0.1) is 5.41 Å². The molecule has 142 valence electrons. The van der Waals surface area contributed by atoms with Crippen LogP contribution in [0.4, 0.5) is 0 Å². The van der Waals surface area contributed by atoms with E-state index < -0.39 is 0 Å². The molecule has 25 heavy (non-hydrogen) atoms. The highest BCUT2D eigenvalue weighted by Gasteiger charge is 2.22. The van der Waals surface area contributed by atoms with Crippen molar-refractivity contribution in [3.63, 3.8) is 0 Å². The van der Waals surface area contributed by atoms with Gasteiger partial charge in [0.1, 0.15) is 0 Å². The number of halogens is 1. The van der Waals surface area contributed by atoms with Crippen molar-refractivity contribution in [3.8, 4) is 11.5 Å². The Labute approximate surface area is 155 Å². The largest absolute Gasteiger partial charge is 0.493 e. The van der Waals surface area contributed by atoms with E-state index in [-0.39, 0.29) is 36.2 Å². The van der Waals surface area contributed by atoms with Crippen molar-refractivity contribution in [1.82, 2.24) is 10.2 Å². The normalized spacial score (nSPS) is 10.5. The van der Waals surface area contributed by atoms with E-state index in [0.717, 1.165) is 0 Å². The first-order chi connectivity index (χ1) is 11.2. The van der Waals surface area contributed by atoms with Crippen LogP contribution >= 0.6 is 12.4 Å². The lowest BCUT2D eigenvalue weighted by atomic mass is 9.93. The standard InChI is InChI=1S/C17H27N3O4.ClH/c1-17(2,10-18)11-20(4)16(22)12-6-7-13(14(8-12)23-5)24-9-15(21)19-3;/h6-8H,9-11,18H2,1-5H3,(H,19,21);1H. The third-order valence-electron chi connectivity index (χ3n) is 3.61. The molecule has 0 fully saturated rings. The van der Waals surface area contributed by atoms with Crippen molar-refractivity contribution in [2.75, 3.05) is 40.9 Å². The highest BCUT2D eigenvalue weighted by Crippen LogP contribution is 2.28. The summed E-state index contributed by atoms with van der Waals surface area (Å²) in [5.74, 6) is 0.424. The molecule has 8 heteroatoms. The smallest absolute Gasteiger partial charge is 0.257 e. The van der Waals surface area contributed by atoms with Gasteiger partial charge in [-0.1, -0.05) is 13.8 Å². The van der Waals surface area contributed by atoms with Crippen molar-refractivity contribution in [2.45, 2.75) is 13.8 Å². The monoisotopic (exact) mass is 373 g/mol. The second-order valence-electron chi connectivity index (χ2n) is 6.36. The van der Waals surface area contributed by atoms with Gasteiger partial charge in [-0.15, -0.1) is 12.4 Å². The summed E-state index contributed by atoms with van der Waals surface area (Å²) in [7, 11) is 4.75. The van der Waals surface area contributed by atoms with Crippen molar-refractivity contribution < 1.29 is 19.1 Å². The Morgan fingerprint density at radius 1 is 1.28 bits per heavy atom. The van der Waals surface area contributed by atoms with Crippen LogP contribution in [0.25, 0.3) is 0 Å². The zero-order chi connectivity index (χ0) is 18.3. The minimum absolute atomic E-state index is 0. The molecule has 0 aliphatic heterocycles. The van der Waals surface area contributed by atoms with Crippen molar-refractivity contribution in [1.29, 1.82) is 0 Å². The Hall–Kier alpha value is -1.99. The summed E-state index contributed by atoms with van der Waals surface area (Å²) in [4.78, 5) is 25.4. The van der Waals surface area contributed by atoms with Crippen LogP contribution in [0.2, 0.25) is 0 Å². The Kier molecular flexibility index (Phi) is 9.30. The molecule has 2 amide bonds. The summed E-state index contributed by atoms with van der Waals surface area (Å²) in [6.07, 6.45) is 0. The number of nitrogens with zero attached hydrogens (tertiary/aromatic N) is 1. The lowest BCUT2D eigenvalue weighted by Gasteiger charge is -2.29. The van der Waals surface area contributed by atoms with E-state index in [2.05, 4.69) is 5.32 Å². The van der Waals surface area contributed by atoms with Gasteiger partial charge in [-0.3, -0.25) is 9.59 Å². The summed E-state index contributed by atoms with van der Waals surface area (Å²) in [5, 5.41) is 2.47. The predicted octanol–water partition coefficient (Wildman–Crippen LogP) is 1.30. The molecule has 0 aromatic heterocycles. The SMILES string of the molecule is CNC(=O)COc1ccc(C(=O)N(C)CC(C)(C)CN)cc1OC.Cl. The number of hydrogen-bond acceptors (Lipinski definition) is 5. The molecule has 3 N–H and O–H groups in total. The molecule has 1 aromatic carbocycles. The molecule has 1 aromatic rings. The summed E-state index contributed by atoms with van der Waals surface area (Å²) >= 11 is 0. The maximum atomic E-state index is 12.6. The number of nitrogens with one attached hydrogen (secondary N) is 1. The van der Waals surface area contributed by atoms with Crippen LogP contribution in [0.5, 0.6) is 11.5 Å². The Morgan fingerprint density at radius 3 is 2.44 bits per heavy atom. The van der Waals surface area contributed by atoms with Crippen molar-refractivity contribution in [2.24, 2.45) is 11.1 Å². The van der Waals surface area contributed by atoms with Gasteiger partial charge in [0.2, 0.25) is 0 Å². The molecule has 0 radical (unpaired) electrons. The van der Waals surface area contributed by atoms with Gasteiger partial charge in [0.15, 0.2) is 18.1 Å². The van der Waals surface area contributed by atoms with Crippen LogP contribution in [0.1, 0.15) is 24.2 Å². The third kappa shape index (κ3) is 6.80. The topological polar surface area (TPSA) is 93.9 Å². The van der Waals surface area contributed by atoms with Crippen LogP contribution in [0.3, 0.4) is 0 Å². The minimum atomic E-state index is -0.249. The van der Waals surface area contributed by atoms with E-state index in [0.29, 0.717) is 30.2 Å². The molecular weight excluding hydrogens is 346 g/mol.